The average molecular weight is 474 g/mol. The van der Waals surface area contributed by atoms with Crippen molar-refractivity contribution in [1.29, 1.82) is 0 Å². The molecule has 5 rings (SSSR count). The van der Waals surface area contributed by atoms with Gasteiger partial charge in [-0.3, -0.25) is 14.4 Å². The smallest absolute Gasteiger partial charge is 0.262 e. The molecule has 0 radical (unpaired) electrons. The third-order valence-electron chi connectivity index (χ3n) is 6.73. The van der Waals surface area contributed by atoms with E-state index in [1.54, 1.807) is 18.2 Å². The lowest BCUT2D eigenvalue weighted by Gasteiger charge is -2.13. The summed E-state index contributed by atoms with van der Waals surface area (Å²) in [6.45, 7) is 4.04. The van der Waals surface area contributed by atoms with Gasteiger partial charge in [0.25, 0.3) is 17.7 Å². The molecule has 2 aromatic rings. The number of hydrogen-bond acceptors (Lipinski definition) is 6. The maximum absolute atomic E-state index is 12.8. The normalized spacial score (nSPS) is 24.3. The predicted molar refractivity (Wildman–Crippen MR) is 130 cm³/mol. The molecular formula is C27H27N3O5. The van der Waals surface area contributed by atoms with E-state index in [2.05, 4.69) is 22.6 Å². The minimum Gasteiger partial charge on any atom is -0.490 e. The van der Waals surface area contributed by atoms with E-state index in [0.717, 1.165) is 17.0 Å². The number of fused-ring (bicyclic) bond motifs is 5. The molecule has 4 unspecified atom stereocenters. The van der Waals surface area contributed by atoms with Crippen molar-refractivity contribution in [2.45, 2.75) is 20.3 Å². The lowest BCUT2D eigenvalue weighted by atomic mass is 9.85. The third-order valence-corrected chi connectivity index (χ3v) is 6.73. The van der Waals surface area contributed by atoms with Gasteiger partial charge in [0.2, 0.25) is 0 Å². The number of hydrogen-bond donors (Lipinski definition) is 1. The Hall–Kier alpha value is -3.94. The van der Waals surface area contributed by atoms with Gasteiger partial charge in [-0.2, -0.15) is 10.1 Å². The molecule has 35 heavy (non-hydrogen) atoms. The molecule has 4 atom stereocenters. The minimum absolute atomic E-state index is 0.144. The summed E-state index contributed by atoms with van der Waals surface area (Å²) in [6, 6.07) is 12.6. The van der Waals surface area contributed by atoms with Crippen molar-refractivity contribution in [1.82, 2.24) is 5.01 Å². The number of allylic oxidation sites excluding steroid dienone is 2. The highest BCUT2D eigenvalue weighted by Gasteiger charge is 2.59. The maximum Gasteiger partial charge on any atom is 0.262 e. The molecule has 2 bridgehead atoms. The lowest BCUT2D eigenvalue weighted by molar-refractivity contribution is -0.140. The second-order valence-corrected chi connectivity index (χ2v) is 9.07. The number of carbonyl (C=O) groups is 3. The van der Waals surface area contributed by atoms with Crippen LogP contribution >= 0.6 is 0 Å². The number of hydrazone groups is 1. The number of nitrogens with zero attached hydrogens (tertiary/aromatic N) is 2. The summed E-state index contributed by atoms with van der Waals surface area (Å²) >= 11 is 0. The molecule has 0 spiro atoms. The molecule has 1 saturated carbocycles. The first-order valence-electron chi connectivity index (χ1n) is 11.8. The predicted octanol–water partition coefficient (Wildman–Crippen LogP) is 3.55. The largest absolute Gasteiger partial charge is 0.490 e. The number of carbonyl (C=O) groups excluding carboxylic acids is 3. The van der Waals surface area contributed by atoms with Crippen LogP contribution in [0.5, 0.6) is 11.5 Å². The van der Waals surface area contributed by atoms with E-state index in [9.17, 15) is 14.4 Å². The van der Waals surface area contributed by atoms with Crippen LogP contribution in [0, 0.1) is 30.6 Å². The maximum atomic E-state index is 12.8. The SMILES string of the molecule is CCOc1cc(C=NN2C(=O)C3C4C=CC(C4)C3C2=O)ccc1OCC(=O)Nc1ccc(C)cc1. The second kappa shape index (κ2) is 9.37. The number of imide groups is 1. The molecule has 1 N–H and O–H groups in total. The van der Waals surface area contributed by atoms with Crippen LogP contribution in [0.2, 0.25) is 0 Å². The average Bonchev–Trinajstić information content (AvgIpc) is 3.53. The summed E-state index contributed by atoms with van der Waals surface area (Å²) in [7, 11) is 0. The second-order valence-electron chi connectivity index (χ2n) is 9.07. The van der Waals surface area contributed by atoms with Crippen LogP contribution < -0.4 is 14.8 Å². The highest BCUT2D eigenvalue weighted by molar-refractivity contribution is 6.06. The summed E-state index contributed by atoms with van der Waals surface area (Å²) in [5.74, 6) is -0.161. The van der Waals surface area contributed by atoms with Gasteiger partial charge < -0.3 is 14.8 Å². The summed E-state index contributed by atoms with van der Waals surface area (Å²) < 4.78 is 11.4. The number of ether oxygens (including phenoxy) is 2. The van der Waals surface area contributed by atoms with Crippen LogP contribution in [0.15, 0.2) is 59.7 Å². The zero-order valence-electron chi connectivity index (χ0n) is 19.6. The Morgan fingerprint density at radius 1 is 1.03 bits per heavy atom. The van der Waals surface area contributed by atoms with Crippen LogP contribution in [0.3, 0.4) is 0 Å². The monoisotopic (exact) mass is 473 g/mol. The van der Waals surface area contributed by atoms with Gasteiger partial charge in [0, 0.05) is 5.69 Å². The fraction of sp³-hybridized carbons (Fsp3) is 0.333. The van der Waals surface area contributed by atoms with Crippen LogP contribution in [-0.4, -0.2) is 42.2 Å². The molecule has 1 aliphatic heterocycles. The van der Waals surface area contributed by atoms with E-state index < -0.39 is 0 Å². The van der Waals surface area contributed by atoms with Gasteiger partial charge in [0.1, 0.15) is 0 Å². The Bertz CT molecular complexity index is 1190. The van der Waals surface area contributed by atoms with E-state index in [0.29, 0.717) is 29.4 Å². The van der Waals surface area contributed by atoms with Crippen molar-refractivity contribution < 1.29 is 23.9 Å². The van der Waals surface area contributed by atoms with Crippen LogP contribution in [0.1, 0.15) is 24.5 Å². The molecule has 8 nitrogen and oxygen atoms in total. The van der Waals surface area contributed by atoms with Crippen molar-refractivity contribution in [3.05, 3.63) is 65.7 Å². The van der Waals surface area contributed by atoms with E-state index >= 15 is 0 Å². The number of benzene rings is 2. The molecule has 180 valence electrons. The summed E-state index contributed by atoms with van der Waals surface area (Å²) in [5.41, 5.74) is 2.44. The fourth-order valence-corrected chi connectivity index (χ4v) is 5.09. The van der Waals surface area contributed by atoms with Gasteiger partial charge >= 0.3 is 0 Å². The van der Waals surface area contributed by atoms with Crippen LogP contribution in [0.4, 0.5) is 5.69 Å². The quantitative estimate of drug-likeness (QED) is 0.359. The number of aryl methyl sites for hydroxylation is 1. The van der Waals surface area contributed by atoms with Gasteiger partial charge in [-0.15, -0.1) is 0 Å². The Balaban J connectivity index is 1.24. The molecule has 0 aromatic heterocycles. The topological polar surface area (TPSA) is 97.3 Å². The van der Waals surface area contributed by atoms with Crippen molar-refractivity contribution >= 4 is 29.6 Å². The molecule has 3 amide bonds. The van der Waals surface area contributed by atoms with Gasteiger partial charge in [-0.25, -0.2) is 0 Å². The molecule has 2 aliphatic carbocycles. The first-order valence-corrected chi connectivity index (χ1v) is 11.8. The van der Waals surface area contributed by atoms with Crippen molar-refractivity contribution in [3.8, 4) is 11.5 Å². The van der Waals surface area contributed by atoms with Crippen molar-refractivity contribution in [2.24, 2.45) is 28.8 Å². The van der Waals surface area contributed by atoms with Crippen LogP contribution in [0.25, 0.3) is 0 Å². The standard InChI is InChI=1S/C27H27N3O5/c1-3-34-22-12-17(6-11-21(22)35-15-23(31)29-20-9-4-16(2)5-10-20)14-28-30-26(32)24-18-7-8-19(13-18)25(24)27(30)33/h4-12,14,18-19,24-25H,3,13,15H2,1-2H3,(H,29,31). The highest BCUT2D eigenvalue weighted by Crippen LogP contribution is 2.52. The van der Waals surface area contributed by atoms with E-state index in [-0.39, 0.29) is 48.0 Å². The first kappa shape index (κ1) is 22.8. The zero-order valence-corrected chi connectivity index (χ0v) is 19.6. The molecule has 3 aliphatic rings. The van der Waals surface area contributed by atoms with Gasteiger partial charge in [-0.05, 0) is 68.0 Å². The van der Waals surface area contributed by atoms with E-state index in [1.165, 1.54) is 6.21 Å². The van der Waals surface area contributed by atoms with Gasteiger partial charge in [-0.1, -0.05) is 29.8 Å². The van der Waals surface area contributed by atoms with Gasteiger partial charge in [0.05, 0.1) is 24.7 Å². The summed E-state index contributed by atoms with van der Waals surface area (Å²) in [5, 5.41) is 8.02. The Morgan fingerprint density at radius 3 is 2.37 bits per heavy atom. The lowest BCUT2D eigenvalue weighted by Crippen LogP contribution is -2.28. The van der Waals surface area contributed by atoms with E-state index in [4.69, 9.17) is 9.47 Å². The summed E-state index contributed by atoms with van der Waals surface area (Å²) in [4.78, 5) is 37.9. The Labute approximate surface area is 203 Å². The third kappa shape index (κ3) is 4.43. The van der Waals surface area contributed by atoms with E-state index in [1.807, 2.05) is 38.1 Å². The Morgan fingerprint density at radius 2 is 1.71 bits per heavy atom. The summed E-state index contributed by atoms with van der Waals surface area (Å²) in [6.07, 6.45) is 6.46. The molecule has 1 saturated heterocycles. The number of amides is 3. The molecule has 2 fully saturated rings. The van der Waals surface area contributed by atoms with Crippen molar-refractivity contribution in [2.75, 3.05) is 18.5 Å². The molecule has 1 heterocycles. The van der Waals surface area contributed by atoms with Gasteiger partial charge in [0.15, 0.2) is 18.1 Å². The van der Waals surface area contributed by atoms with Crippen LogP contribution in [-0.2, 0) is 14.4 Å². The number of anilines is 1. The zero-order chi connectivity index (χ0) is 24.5. The first-order chi connectivity index (χ1) is 16.9. The molecular weight excluding hydrogens is 446 g/mol. The molecule has 8 heteroatoms. The minimum atomic E-state index is -0.290. The van der Waals surface area contributed by atoms with Crippen molar-refractivity contribution in [3.63, 3.8) is 0 Å². The number of nitrogens with one attached hydrogen (secondary N) is 1. The molecule has 2 aromatic carbocycles. The highest BCUT2D eigenvalue weighted by atomic mass is 16.5. The fourth-order valence-electron chi connectivity index (χ4n) is 5.09. The number of rotatable bonds is 8. The Kier molecular flexibility index (Phi) is 6.11.